The minimum atomic E-state index is -1.20. The minimum Gasteiger partial charge on any atom is -0.355 e. The summed E-state index contributed by atoms with van der Waals surface area (Å²) >= 11 is 0. The van der Waals surface area contributed by atoms with Crippen molar-refractivity contribution in [3.63, 3.8) is 0 Å². The van der Waals surface area contributed by atoms with Gasteiger partial charge in [0.2, 0.25) is 11.8 Å². The number of hydrazone groups is 1. The molecule has 7 heteroatoms. The number of imide groups is 1. The van der Waals surface area contributed by atoms with E-state index in [0.29, 0.717) is 13.1 Å². The molecule has 160 valence electrons. The van der Waals surface area contributed by atoms with Crippen LogP contribution in [0.2, 0.25) is 0 Å². The molecule has 1 saturated heterocycles. The zero-order chi connectivity index (χ0) is 20.8. The monoisotopic (exact) mass is 394 g/mol. The molecule has 3 amide bonds. The van der Waals surface area contributed by atoms with Crippen LogP contribution in [0.3, 0.4) is 0 Å². The van der Waals surface area contributed by atoms with Gasteiger partial charge in [0.25, 0.3) is 5.91 Å². The maximum Gasteiger partial charge on any atom is 0.278 e. The lowest BCUT2D eigenvalue weighted by Gasteiger charge is -2.14. The molecule has 1 atom stereocenters. The Balaban J connectivity index is 2.44. The highest BCUT2D eigenvalue weighted by atomic mass is 16.2. The number of nitrogens with zero attached hydrogens (tertiary/aromatic N) is 2. The summed E-state index contributed by atoms with van der Waals surface area (Å²) in [5.41, 5.74) is -0.142. The van der Waals surface area contributed by atoms with Crippen molar-refractivity contribution in [1.82, 2.24) is 10.2 Å². The smallest absolute Gasteiger partial charge is 0.278 e. The van der Waals surface area contributed by atoms with Crippen LogP contribution in [0.25, 0.3) is 0 Å². The van der Waals surface area contributed by atoms with Crippen LogP contribution in [0.4, 0.5) is 0 Å². The fourth-order valence-electron chi connectivity index (χ4n) is 3.48. The molecule has 1 fully saturated rings. The molecule has 0 bridgehead atoms. The molecular weight excluding hydrogens is 356 g/mol. The van der Waals surface area contributed by atoms with Crippen molar-refractivity contribution in [3.8, 4) is 0 Å². The van der Waals surface area contributed by atoms with Gasteiger partial charge in [0.15, 0.2) is 5.92 Å². The van der Waals surface area contributed by atoms with Crippen molar-refractivity contribution < 1.29 is 14.4 Å². The van der Waals surface area contributed by atoms with Crippen molar-refractivity contribution in [2.45, 2.75) is 90.9 Å². The zero-order valence-corrected chi connectivity index (χ0v) is 17.7. The number of nitrogens with one attached hydrogen (secondary N) is 1. The first-order valence-corrected chi connectivity index (χ1v) is 11.0. The standard InChI is InChI=1S/C21H38N4O3/c1-3-5-7-9-11-13-15-23-19(26)17-18(24-22)21(28)25(20(17)27)16-14-12-10-8-6-4-2/h17H,3-16,22H2,1-2H3,(H,23,26)/b24-18+. The van der Waals surface area contributed by atoms with Crippen LogP contribution in [0.1, 0.15) is 90.9 Å². The van der Waals surface area contributed by atoms with E-state index in [2.05, 4.69) is 24.3 Å². The van der Waals surface area contributed by atoms with Gasteiger partial charge in [-0.15, -0.1) is 0 Å². The van der Waals surface area contributed by atoms with Crippen molar-refractivity contribution in [2.24, 2.45) is 16.9 Å². The molecule has 3 N–H and O–H groups in total. The number of carbonyl (C=O) groups excluding carboxylic acids is 3. The molecule has 0 radical (unpaired) electrons. The summed E-state index contributed by atoms with van der Waals surface area (Å²) in [6.45, 7) is 5.15. The molecule has 1 heterocycles. The molecule has 28 heavy (non-hydrogen) atoms. The molecule has 1 rings (SSSR count). The van der Waals surface area contributed by atoms with Crippen LogP contribution in [-0.2, 0) is 14.4 Å². The van der Waals surface area contributed by atoms with Gasteiger partial charge in [-0.05, 0) is 12.8 Å². The Labute approximate surface area is 169 Å². The topological polar surface area (TPSA) is 105 Å². The molecule has 0 saturated carbocycles. The maximum atomic E-state index is 12.6. The summed E-state index contributed by atoms with van der Waals surface area (Å²) < 4.78 is 0. The molecule has 7 nitrogen and oxygen atoms in total. The highest BCUT2D eigenvalue weighted by molar-refractivity contribution is 6.54. The largest absolute Gasteiger partial charge is 0.355 e. The number of carbonyl (C=O) groups is 3. The Morgan fingerprint density at radius 3 is 2.04 bits per heavy atom. The summed E-state index contributed by atoms with van der Waals surface area (Å²) in [6, 6.07) is 0. The van der Waals surface area contributed by atoms with E-state index in [1.54, 1.807) is 0 Å². The summed E-state index contributed by atoms with van der Waals surface area (Å²) in [5, 5.41) is 6.23. The summed E-state index contributed by atoms with van der Waals surface area (Å²) in [4.78, 5) is 38.6. The van der Waals surface area contributed by atoms with Gasteiger partial charge in [0.1, 0.15) is 5.71 Å². The lowest BCUT2D eigenvalue weighted by atomic mass is 10.0. The average Bonchev–Trinajstić information content (AvgIpc) is 2.93. The number of amides is 3. The van der Waals surface area contributed by atoms with Gasteiger partial charge in [0, 0.05) is 13.1 Å². The Bertz CT molecular complexity index is 534. The third-order valence-corrected chi connectivity index (χ3v) is 5.22. The van der Waals surface area contributed by atoms with Gasteiger partial charge >= 0.3 is 0 Å². The van der Waals surface area contributed by atoms with Crippen molar-refractivity contribution in [3.05, 3.63) is 0 Å². The van der Waals surface area contributed by atoms with E-state index in [-0.39, 0.29) is 5.71 Å². The second-order valence-corrected chi connectivity index (χ2v) is 7.57. The van der Waals surface area contributed by atoms with Gasteiger partial charge in [-0.2, -0.15) is 5.10 Å². The van der Waals surface area contributed by atoms with Crippen LogP contribution in [0, 0.1) is 5.92 Å². The predicted molar refractivity (Wildman–Crippen MR) is 112 cm³/mol. The fraction of sp³-hybridized carbons (Fsp3) is 0.810. The lowest BCUT2D eigenvalue weighted by Crippen LogP contribution is -2.39. The number of hydrogen-bond acceptors (Lipinski definition) is 5. The van der Waals surface area contributed by atoms with Crippen LogP contribution in [-0.4, -0.2) is 41.4 Å². The van der Waals surface area contributed by atoms with E-state index < -0.39 is 23.6 Å². The number of rotatable bonds is 15. The van der Waals surface area contributed by atoms with Gasteiger partial charge in [0.05, 0.1) is 0 Å². The maximum absolute atomic E-state index is 12.6. The Morgan fingerprint density at radius 1 is 0.929 bits per heavy atom. The average molecular weight is 395 g/mol. The zero-order valence-electron chi connectivity index (χ0n) is 17.7. The Hall–Kier alpha value is -1.92. The second kappa shape index (κ2) is 14.1. The van der Waals surface area contributed by atoms with Crippen molar-refractivity contribution in [1.29, 1.82) is 0 Å². The third kappa shape index (κ3) is 7.60. The molecule has 1 aliphatic heterocycles. The SMILES string of the molecule is CCCCCCCCNC(=O)C1C(=O)N(CCCCCCCC)C(=O)/C1=N/N. The highest BCUT2D eigenvalue weighted by Crippen LogP contribution is 2.19. The Kier molecular flexibility index (Phi) is 12.2. The van der Waals surface area contributed by atoms with Crippen molar-refractivity contribution in [2.75, 3.05) is 13.1 Å². The molecule has 1 unspecified atom stereocenters. The van der Waals surface area contributed by atoms with Gasteiger partial charge in [-0.3, -0.25) is 19.3 Å². The molecular formula is C21H38N4O3. The quantitative estimate of drug-likeness (QED) is 0.146. The fourth-order valence-corrected chi connectivity index (χ4v) is 3.48. The van der Waals surface area contributed by atoms with Gasteiger partial charge in [-0.1, -0.05) is 78.1 Å². The van der Waals surface area contributed by atoms with Crippen LogP contribution in [0.15, 0.2) is 5.10 Å². The third-order valence-electron chi connectivity index (χ3n) is 5.22. The first-order valence-electron chi connectivity index (χ1n) is 11.0. The van der Waals surface area contributed by atoms with E-state index >= 15 is 0 Å². The first kappa shape index (κ1) is 24.1. The first-order chi connectivity index (χ1) is 13.6. The summed E-state index contributed by atoms with van der Waals surface area (Å²) in [5.74, 6) is 2.63. The number of nitrogens with two attached hydrogens (primary N) is 1. The van der Waals surface area contributed by atoms with E-state index in [1.165, 1.54) is 32.1 Å². The van der Waals surface area contributed by atoms with Crippen molar-refractivity contribution >= 4 is 23.4 Å². The molecule has 0 aromatic heterocycles. The number of likely N-dealkylation sites (tertiary alicyclic amines) is 1. The van der Waals surface area contributed by atoms with E-state index in [1.807, 2.05) is 0 Å². The van der Waals surface area contributed by atoms with Crippen LogP contribution in [0.5, 0.6) is 0 Å². The number of unbranched alkanes of at least 4 members (excludes halogenated alkanes) is 10. The van der Waals surface area contributed by atoms with E-state index in [4.69, 9.17) is 5.84 Å². The lowest BCUT2D eigenvalue weighted by molar-refractivity contribution is -0.141. The normalized spacial score (nSPS) is 18.3. The highest BCUT2D eigenvalue weighted by Gasteiger charge is 2.48. The molecule has 0 aromatic carbocycles. The van der Waals surface area contributed by atoms with Gasteiger partial charge in [-0.25, -0.2) is 0 Å². The number of hydrogen-bond donors (Lipinski definition) is 2. The second-order valence-electron chi connectivity index (χ2n) is 7.57. The van der Waals surface area contributed by atoms with E-state index in [9.17, 15) is 14.4 Å². The van der Waals surface area contributed by atoms with E-state index in [0.717, 1.165) is 49.8 Å². The van der Waals surface area contributed by atoms with Crippen LogP contribution >= 0.6 is 0 Å². The van der Waals surface area contributed by atoms with Crippen LogP contribution < -0.4 is 11.2 Å². The summed E-state index contributed by atoms with van der Waals surface area (Å²) in [7, 11) is 0. The summed E-state index contributed by atoms with van der Waals surface area (Å²) in [6.07, 6.45) is 13.0. The molecule has 1 aliphatic rings. The molecule has 0 spiro atoms. The Morgan fingerprint density at radius 2 is 1.46 bits per heavy atom. The van der Waals surface area contributed by atoms with Gasteiger partial charge < -0.3 is 11.2 Å². The molecule has 0 aromatic rings. The predicted octanol–water partition coefficient (Wildman–Crippen LogP) is 3.12. The molecule has 0 aliphatic carbocycles. The minimum absolute atomic E-state index is 0.142.